The van der Waals surface area contributed by atoms with Crippen LogP contribution in [0.25, 0.3) is 0 Å². The van der Waals surface area contributed by atoms with Gasteiger partial charge in [0.2, 0.25) is 0 Å². The highest BCUT2D eigenvalue weighted by molar-refractivity contribution is 5.89. The average Bonchev–Trinajstić information content (AvgIpc) is 3.33. The summed E-state index contributed by atoms with van der Waals surface area (Å²) in [6.45, 7) is 0.838. The average molecular weight is 360 g/mol. The molecule has 7 nitrogen and oxygen atoms in total. The molecular weight excluding hydrogens is 339 g/mol. The highest BCUT2D eigenvalue weighted by Crippen LogP contribution is 2.33. The molecule has 0 unspecified atom stereocenters. The van der Waals surface area contributed by atoms with Crippen LogP contribution in [0.1, 0.15) is 31.2 Å². The fourth-order valence-electron chi connectivity index (χ4n) is 3.19. The Labute approximate surface area is 150 Å². The van der Waals surface area contributed by atoms with Crippen molar-refractivity contribution in [3.8, 4) is 6.07 Å². The van der Waals surface area contributed by atoms with Crippen molar-refractivity contribution in [2.24, 2.45) is 5.92 Å². The molecule has 3 rings (SSSR count). The van der Waals surface area contributed by atoms with Crippen LogP contribution in [0.5, 0.6) is 0 Å². The number of amides is 2. The van der Waals surface area contributed by atoms with Crippen LogP contribution in [0.2, 0.25) is 0 Å². The lowest BCUT2D eigenvalue weighted by Gasteiger charge is -2.42. The molecule has 0 bridgehead atoms. The standard InChI is InChI=1S/C18H21FN4O3/c19-16-7-13(4-3-12(16)8-20)21-18(26)22-14-5-15(6-14)23(10-17(24)25)9-11-1-2-11/h3-4,7,11,14-15H,1-2,5-6,9-10H2,(H,24,25)(H2,21,22,26). The van der Waals surface area contributed by atoms with Crippen molar-refractivity contribution in [1.82, 2.24) is 10.2 Å². The Morgan fingerprint density at radius 2 is 2.08 bits per heavy atom. The Morgan fingerprint density at radius 3 is 2.65 bits per heavy atom. The number of nitrogens with one attached hydrogen (secondary N) is 2. The molecule has 2 saturated carbocycles. The van der Waals surface area contributed by atoms with E-state index in [0.717, 1.165) is 25.5 Å². The van der Waals surface area contributed by atoms with Gasteiger partial charge in [-0.15, -0.1) is 0 Å². The second-order valence-corrected chi connectivity index (χ2v) is 6.99. The van der Waals surface area contributed by atoms with Crippen LogP contribution in [-0.2, 0) is 4.79 Å². The molecule has 0 heterocycles. The lowest BCUT2D eigenvalue weighted by Crippen LogP contribution is -2.55. The van der Waals surface area contributed by atoms with Gasteiger partial charge in [0, 0.05) is 24.3 Å². The van der Waals surface area contributed by atoms with E-state index in [4.69, 9.17) is 10.4 Å². The van der Waals surface area contributed by atoms with E-state index in [2.05, 4.69) is 10.6 Å². The summed E-state index contributed by atoms with van der Waals surface area (Å²) in [5.74, 6) is -0.906. The molecule has 26 heavy (non-hydrogen) atoms. The van der Waals surface area contributed by atoms with Crippen molar-refractivity contribution in [3.05, 3.63) is 29.6 Å². The van der Waals surface area contributed by atoms with Crippen molar-refractivity contribution >= 4 is 17.7 Å². The maximum atomic E-state index is 13.5. The Morgan fingerprint density at radius 1 is 1.35 bits per heavy atom. The first kappa shape index (κ1) is 18.1. The Bertz CT molecular complexity index is 738. The zero-order chi connectivity index (χ0) is 18.7. The Hall–Kier alpha value is -2.66. The number of carboxylic acids is 1. The number of benzene rings is 1. The normalized spacial score (nSPS) is 21.6. The first-order valence-electron chi connectivity index (χ1n) is 8.67. The predicted octanol–water partition coefficient (Wildman–Crippen LogP) is 2.15. The van der Waals surface area contributed by atoms with Crippen LogP contribution in [0.4, 0.5) is 14.9 Å². The number of carbonyl (C=O) groups is 2. The van der Waals surface area contributed by atoms with E-state index in [1.54, 1.807) is 6.07 Å². The number of urea groups is 1. The zero-order valence-electron chi connectivity index (χ0n) is 14.2. The molecule has 0 aromatic heterocycles. The number of aliphatic carboxylic acids is 1. The molecule has 2 aliphatic rings. The number of nitriles is 1. The summed E-state index contributed by atoms with van der Waals surface area (Å²) in [6, 6.07) is 5.31. The van der Waals surface area contributed by atoms with Gasteiger partial charge >= 0.3 is 12.0 Å². The molecule has 2 fully saturated rings. The summed E-state index contributed by atoms with van der Waals surface area (Å²) >= 11 is 0. The molecule has 1 aromatic rings. The minimum atomic E-state index is -0.831. The molecule has 3 N–H and O–H groups in total. The van der Waals surface area contributed by atoms with E-state index in [0.29, 0.717) is 18.8 Å². The second-order valence-electron chi connectivity index (χ2n) is 6.99. The number of carboxylic acid groups (broad SMARTS) is 1. The highest BCUT2D eigenvalue weighted by atomic mass is 19.1. The molecule has 8 heteroatoms. The van der Waals surface area contributed by atoms with Crippen LogP contribution in [0.15, 0.2) is 18.2 Å². The lowest BCUT2D eigenvalue weighted by molar-refractivity contribution is -0.139. The molecule has 0 aliphatic heterocycles. The molecule has 2 aliphatic carbocycles. The monoisotopic (exact) mass is 360 g/mol. The van der Waals surface area contributed by atoms with Gasteiger partial charge in [-0.2, -0.15) is 5.26 Å². The third-order valence-corrected chi connectivity index (χ3v) is 4.84. The van der Waals surface area contributed by atoms with Crippen LogP contribution < -0.4 is 10.6 Å². The third-order valence-electron chi connectivity index (χ3n) is 4.84. The van der Waals surface area contributed by atoms with Gasteiger partial charge < -0.3 is 15.7 Å². The summed E-state index contributed by atoms with van der Waals surface area (Å²) in [7, 11) is 0. The summed E-state index contributed by atoms with van der Waals surface area (Å²) < 4.78 is 13.5. The van der Waals surface area contributed by atoms with Gasteiger partial charge in [-0.3, -0.25) is 9.69 Å². The van der Waals surface area contributed by atoms with Crippen molar-refractivity contribution in [3.63, 3.8) is 0 Å². The third kappa shape index (κ3) is 4.70. The molecule has 0 spiro atoms. The first-order valence-corrected chi connectivity index (χ1v) is 8.67. The van der Waals surface area contributed by atoms with Crippen LogP contribution in [-0.4, -0.2) is 47.2 Å². The number of nitrogens with zero attached hydrogens (tertiary/aromatic N) is 2. The molecule has 0 saturated heterocycles. The summed E-state index contributed by atoms with van der Waals surface area (Å²) in [5, 5.41) is 23.1. The Kier molecular flexibility index (Phi) is 5.38. The SMILES string of the molecule is N#Cc1ccc(NC(=O)NC2CC(N(CC(=O)O)CC3CC3)C2)cc1F. The molecule has 138 valence electrons. The largest absolute Gasteiger partial charge is 0.480 e. The van der Waals surface area contributed by atoms with Gasteiger partial charge in [0.05, 0.1) is 12.1 Å². The van der Waals surface area contributed by atoms with Crippen LogP contribution in [0, 0.1) is 23.1 Å². The number of hydrogen-bond donors (Lipinski definition) is 3. The van der Waals surface area contributed by atoms with Crippen LogP contribution >= 0.6 is 0 Å². The van der Waals surface area contributed by atoms with Gasteiger partial charge in [0.25, 0.3) is 0 Å². The van der Waals surface area contributed by atoms with E-state index in [9.17, 15) is 14.0 Å². The van der Waals surface area contributed by atoms with E-state index < -0.39 is 17.8 Å². The fourth-order valence-corrected chi connectivity index (χ4v) is 3.19. The summed E-state index contributed by atoms with van der Waals surface area (Å²) in [6.07, 6.45) is 3.73. The van der Waals surface area contributed by atoms with Crippen molar-refractivity contribution < 1.29 is 19.1 Å². The number of carbonyl (C=O) groups excluding carboxylic acids is 1. The number of halogens is 1. The van der Waals surface area contributed by atoms with Crippen molar-refractivity contribution in [2.45, 2.75) is 37.8 Å². The maximum absolute atomic E-state index is 13.5. The quantitative estimate of drug-likeness (QED) is 0.691. The minimum absolute atomic E-state index is 0.0290. The van der Waals surface area contributed by atoms with E-state index in [-0.39, 0.29) is 29.9 Å². The number of anilines is 1. The molecule has 2 amide bonds. The van der Waals surface area contributed by atoms with Gasteiger partial charge in [-0.25, -0.2) is 9.18 Å². The predicted molar refractivity (Wildman–Crippen MR) is 92.0 cm³/mol. The Balaban J connectivity index is 1.45. The lowest BCUT2D eigenvalue weighted by atomic mass is 9.85. The van der Waals surface area contributed by atoms with E-state index >= 15 is 0 Å². The van der Waals surface area contributed by atoms with E-state index in [1.807, 2.05) is 4.90 Å². The maximum Gasteiger partial charge on any atom is 0.319 e. The van der Waals surface area contributed by atoms with Crippen molar-refractivity contribution in [2.75, 3.05) is 18.4 Å². The van der Waals surface area contributed by atoms with Gasteiger partial charge in [0.15, 0.2) is 0 Å². The molecule has 0 radical (unpaired) electrons. The highest BCUT2D eigenvalue weighted by Gasteiger charge is 2.37. The molecule has 1 aromatic carbocycles. The first-order chi connectivity index (χ1) is 12.4. The fraction of sp³-hybridized carbons (Fsp3) is 0.500. The second kappa shape index (κ2) is 7.70. The summed E-state index contributed by atoms with van der Waals surface area (Å²) in [5.41, 5.74) is 0.197. The van der Waals surface area contributed by atoms with E-state index in [1.165, 1.54) is 12.1 Å². The summed E-state index contributed by atoms with van der Waals surface area (Å²) in [4.78, 5) is 25.0. The topological polar surface area (TPSA) is 105 Å². The molecular formula is C18H21FN4O3. The van der Waals surface area contributed by atoms with Gasteiger partial charge in [-0.05, 0) is 49.8 Å². The van der Waals surface area contributed by atoms with Gasteiger partial charge in [-0.1, -0.05) is 0 Å². The number of hydrogen-bond acceptors (Lipinski definition) is 4. The molecule has 0 atom stereocenters. The zero-order valence-corrected chi connectivity index (χ0v) is 14.2. The van der Waals surface area contributed by atoms with Gasteiger partial charge in [0.1, 0.15) is 11.9 Å². The smallest absolute Gasteiger partial charge is 0.319 e. The number of rotatable bonds is 7. The van der Waals surface area contributed by atoms with Crippen molar-refractivity contribution in [1.29, 1.82) is 5.26 Å². The minimum Gasteiger partial charge on any atom is -0.480 e. The van der Waals surface area contributed by atoms with Crippen LogP contribution in [0.3, 0.4) is 0 Å².